The molecule has 0 aliphatic heterocycles. The van der Waals surface area contributed by atoms with Crippen LogP contribution in [0, 0.1) is 6.92 Å². The van der Waals surface area contributed by atoms with Crippen LogP contribution in [0.25, 0.3) is 21.9 Å². The van der Waals surface area contributed by atoms with E-state index in [0.29, 0.717) is 12.1 Å². The van der Waals surface area contributed by atoms with Crippen LogP contribution >= 0.6 is 0 Å². The average Bonchev–Trinajstić information content (AvgIpc) is 2.86. The van der Waals surface area contributed by atoms with Gasteiger partial charge in [0.25, 0.3) is 0 Å². The summed E-state index contributed by atoms with van der Waals surface area (Å²) in [6, 6.07) is 23.0. The number of carboxylic acid groups (broad SMARTS) is 1. The fourth-order valence-corrected chi connectivity index (χ4v) is 5.13. The van der Waals surface area contributed by atoms with Crippen molar-refractivity contribution in [1.29, 1.82) is 0 Å². The van der Waals surface area contributed by atoms with Crippen molar-refractivity contribution in [2.45, 2.75) is 52.1 Å². The third-order valence-electron chi connectivity index (χ3n) is 7.01. The van der Waals surface area contributed by atoms with Crippen LogP contribution in [0.1, 0.15) is 64.2 Å². The van der Waals surface area contributed by atoms with Crippen LogP contribution in [0.4, 0.5) is 0 Å². The number of aryl methyl sites for hydroxylation is 2. The minimum atomic E-state index is -0.881. The van der Waals surface area contributed by atoms with Gasteiger partial charge in [0.15, 0.2) is 0 Å². The van der Waals surface area contributed by atoms with Crippen LogP contribution < -0.4 is 5.32 Å². The van der Waals surface area contributed by atoms with Gasteiger partial charge in [0, 0.05) is 18.3 Å². The van der Waals surface area contributed by atoms with Crippen LogP contribution in [-0.2, 0) is 19.4 Å². The van der Waals surface area contributed by atoms with E-state index in [0.717, 1.165) is 53.8 Å². The summed E-state index contributed by atoms with van der Waals surface area (Å²) in [5.74, 6) is -0.881. The molecule has 1 heterocycles. The molecule has 1 aliphatic carbocycles. The molecule has 4 nitrogen and oxygen atoms in total. The number of rotatable bonds is 6. The molecule has 34 heavy (non-hydrogen) atoms. The van der Waals surface area contributed by atoms with Gasteiger partial charge in [-0.1, -0.05) is 54.6 Å². The first-order valence-corrected chi connectivity index (χ1v) is 12.1. The first-order valence-electron chi connectivity index (χ1n) is 12.1. The quantitative estimate of drug-likeness (QED) is 0.346. The molecule has 0 bridgehead atoms. The first kappa shape index (κ1) is 22.3. The number of aromatic nitrogens is 1. The lowest BCUT2D eigenvalue weighted by Gasteiger charge is -2.22. The molecule has 4 heteroatoms. The Kier molecular flexibility index (Phi) is 6.16. The monoisotopic (exact) mass is 450 g/mol. The molecular weight excluding hydrogens is 420 g/mol. The second kappa shape index (κ2) is 9.40. The molecule has 1 aromatic heterocycles. The van der Waals surface area contributed by atoms with Crippen molar-refractivity contribution in [1.82, 2.24) is 10.3 Å². The van der Waals surface area contributed by atoms with Crippen LogP contribution in [0.2, 0.25) is 0 Å². The minimum Gasteiger partial charge on any atom is -0.478 e. The predicted octanol–water partition coefficient (Wildman–Crippen LogP) is 6.64. The highest BCUT2D eigenvalue weighted by atomic mass is 16.4. The number of pyridine rings is 1. The number of carboxylic acids is 1. The van der Waals surface area contributed by atoms with E-state index < -0.39 is 5.97 Å². The Morgan fingerprint density at radius 1 is 1.03 bits per heavy atom. The van der Waals surface area contributed by atoms with Gasteiger partial charge in [-0.05, 0) is 90.3 Å². The molecule has 0 fully saturated rings. The van der Waals surface area contributed by atoms with E-state index >= 15 is 0 Å². The van der Waals surface area contributed by atoms with E-state index in [2.05, 4.69) is 60.8 Å². The zero-order valence-electron chi connectivity index (χ0n) is 19.8. The van der Waals surface area contributed by atoms with Gasteiger partial charge in [-0.3, -0.25) is 4.98 Å². The van der Waals surface area contributed by atoms with Gasteiger partial charge in [0.1, 0.15) is 0 Å². The molecule has 5 rings (SSSR count). The highest BCUT2D eigenvalue weighted by Gasteiger charge is 2.19. The van der Waals surface area contributed by atoms with E-state index in [1.807, 2.05) is 25.1 Å². The number of fused-ring (bicyclic) bond motifs is 2. The Hall–Kier alpha value is -3.50. The van der Waals surface area contributed by atoms with Crippen molar-refractivity contribution in [3.05, 3.63) is 100 Å². The van der Waals surface area contributed by atoms with Crippen molar-refractivity contribution in [3.8, 4) is 11.1 Å². The highest BCUT2D eigenvalue weighted by Crippen LogP contribution is 2.33. The van der Waals surface area contributed by atoms with E-state index in [1.54, 1.807) is 0 Å². The van der Waals surface area contributed by atoms with Gasteiger partial charge in [-0.15, -0.1) is 0 Å². The molecule has 3 aromatic carbocycles. The number of hydrogen-bond donors (Lipinski definition) is 2. The number of hydrogen-bond acceptors (Lipinski definition) is 3. The largest absolute Gasteiger partial charge is 0.478 e. The summed E-state index contributed by atoms with van der Waals surface area (Å²) in [4.78, 5) is 16.8. The summed E-state index contributed by atoms with van der Waals surface area (Å²) < 4.78 is 0. The molecule has 1 atom stereocenters. The molecule has 0 saturated heterocycles. The molecule has 0 spiro atoms. The standard InChI is InChI=1S/C30H30N2O2/c1-19-14-15-22(16-27(19)30(33)34)28-17-23(32-29-13-6-5-11-26(28)29)18-31-20(2)24-12-7-9-21-8-3-4-10-25(21)24/h3-4,7-10,12,14-17,20,31H,5-6,11,13,18H2,1-2H3,(H,33,34). The Bertz CT molecular complexity index is 1370. The van der Waals surface area contributed by atoms with E-state index in [-0.39, 0.29) is 6.04 Å². The van der Waals surface area contributed by atoms with Crippen LogP contribution in [-0.4, -0.2) is 16.1 Å². The fourth-order valence-electron chi connectivity index (χ4n) is 5.13. The summed E-state index contributed by atoms with van der Waals surface area (Å²) in [5, 5.41) is 15.8. The number of aromatic carboxylic acids is 1. The number of nitrogens with one attached hydrogen (secondary N) is 1. The van der Waals surface area contributed by atoms with Gasteiger partial charge in [-0.2, -0.15) is 0 Å². The minimum absolute atomic E-state index is 0.172. The Labute approximate surface area is 200 Å². The van der Waals surface area contributed by atoms with Crippen LogP contribution in [0.3, 0.4) is 0 Å². The molecule has 2 N–H and O–H groups in total. The van der Waals surface area contributed by atoms with Crippen molar-refractivity contribution >= 4 is 16.7 Å². The lowest BCUT2D eigenvalue weighted by Crippen LogP contribution is -2.20. The summed E-state index contributed by atoms with van der Waals surface area (Å²) >= 11 is 0. The van der Waals surface area contributed by atoms with Crippen LogP contribution in [0.15, 0.2) is 66.7 Å². The van der Waals surface area contributed by atoms with E-state index in [1.165, 1.54) is 21.9 Å². The molecule has 0 saturated carbocycles. The molecule has 0 radical (unpaired) electrons. The number of carbonyl (C=O) groups is 1. The maximum Gasteiger partial charge on any atom is 0.335 e. The van der Waals surface area contributed by atoms with Crippen molar-refractivity contribution < 1.29 is 9.90 Å². The first-order chi connectivity index (χ1) is 16.5. The summed E-state index contributed by atoms with van der Waals surface area (Å²) in [6.07, 6.45) is 4.27. The second-order valence-electron chi connectivity index (χ2n) is 9.30. The normalized spacial score (nSPS) is 14.1. The van der Waals surface area contributed by atoms with E-state index in [9.17, 15) is 9.90 Å². The van der Waals surface area contributed by atoms with Crippen molar-refractivity contribution in [3.63, 3.8) is 0 Å². The zero-order valence-corrected chi connectivity index (χ0v) is 19.8. The molecule has 1 aliphatic rings. The fraction of sp³-hybridized carbons (Fsp3) is 0.267. The number of benzene rings is 3. The predicted molar refractivity (Wildman–Crippen MR) is 137 cm³/mol. The van der Waals surface area contributed by atoms with Crippen LogP contribution in [0.5, 0.6) is 0 Å². The second-order valence-corrected chi connectivity index (χ2v) is 9.30. The molecular formula is C30H30N2O2. The molecule has 0 amide bonds. The Morgan fingerprint density at radius 2 is 1.82 bits per heavy atom. The maximum absolute atomic E-state index is 11.7. The van der Waals surface area contributed by atoms with Gasteiger partial charge in [-0.25, -0.2) is 4.79 Å². The van der Waals surface area contributed by atoms with Crippen molar-refractivity contribution in [2.24, 2.45) is 0 Å². The molecule has 172 valence electrons. The Morgan fingerprint density at radius 3 is 2.68 bits per heavy atom. The van der Waals surface area contributed by atoms with Crippen molar-refractivity contribution in [2.75, 3.05) is 0 Å². The SMILES string of the molecule is Cc1ccc(-c2cc(CNC(C)c3cccc4ccccc34)nc3c2CCCC3)cc1C(=O)O. The maximum atomic E-state index is 11.7. The number of nitrogens with zero attached hydrogens (tertiary/aromatic N) is 1. The van der Waals surface area contributed by atoms with Gasteiger partial charge < -0.3 is 10.4 Å². The Balaban J connectivity index is 1.47. The summed E-state index contributed by atoms with van der Waals surface area (Å²) in [5.41, 5.74) is 7.95. The average molecular weight is 451 g/mol. The summed E-state index contributed by atoms with van der Waals surface area (Å²) in [7, 11) is 0. The lowest BCUT2D eigenvalue weighted by molar-refractivity contribution is 0.0696. The third kappa shape index (κ3) is 4.34. The third-order valence-corrected chi connectivity index (χ3v) is 7.01. The van der Waals surface area contributed by atoms with Gasteiger partial charge in [0.05, 0.1) is 11.3 Å². The van der Waals surface area contributed by atoms with Gasteiger partial charge in [0.2, 0.25) is 0 Å². The highest BCUT2D eigenvalue weighted by molar-refractivity contribution is 5.91. The zero-order chi connectivity index (χ0) is 23.7. The molecule has 1 unspecified atom stereocenters. The van der Waals surface area contributed by atoms with E-state index in [4.69, 9.17) is 4.98 Å². The lowest BCUT2D eigenvalue weighted by atomic mass is 9.88. The van der Waals surface area contributed by atoms with Gasteiger partial charge >= 0.3 is 5.97 Å². The topological polar surface area (TPSA) is 62.2 Å². The summed E-state index contributed by atoms with van der Waals surface area (Å²) in [6.45, 7) is 4.70. The smallest absolute Gasteiger partial charge is 0.335 e. The molecule has 4 aromatic rings.